The molecule has 0 unspecified atom stereocenters. The minimum atomic E-state index is 0.359. The summed E-state index contributed by atoms with van der Waals surface area (Å²) in [5, 5.41) is 4.62. The third kappa shape index (κ3) is 3.46. The van der Waals surface area contributed by atoms with Crippen molar-refractivity contribution in [2.45, 2.75) is 25.7 Å². The molecule has 1 aromatic carbocycles. The Morgan fingerprint density at radius 1 is 1.28 bits per heavy atom. The number of benzene rings is 1. The van der Waals surface area contributed by atoms with Gasteiger partial charge in [-0.2, -0.15) is 0 Å². The van der Waals surface area contributed by atoms with Crippen molar-refractivity contribution < 1.29 is 4.79 Å². The number of amides is 1. The Balaban J connectivity index is 1.38. The Morgan fingerprint density at radius 2 is 2.10 bits per heavy atom. The number of fused-ring (bicyclic) bond motifs is 2. The topological polar surface area (TPSA) is 57.6 Å². The number of carbonyl (C=O) groups excluding carboxylic acids is 1. The van der Waals surface area contributed by atoms with Crippen molar-refractivity contribution in [2.75, 3.05) is 33.2 Å². The molecule has 3 aliphatic rings. The lowest BCUT2D eigenvalue weighted by molar-refractivity contribution is -0.133. The van der Waals surface area contributed by atoms with Crippen LogP contribution in [0.1, 0.15) is 36.8 Å². The number of carbonyl (C=O) groups is 1. The zero-order valence-electron chi connectivity index (χ0n) is 17.3. The van der Waals surface area contributed by atoms with Crippen LogP contribution in [0.25, 0.3) is 10.9 Å². The molecule has 29 heavy (non-hydrogen) atoms. The van der Waals surface area contributed by atoms with Gasteiger partial charge in [-0.25, -0.2) is 0 Å². The second kappa shape index (κ2) is 7.52. The van der Waals surface area contributed by atoms with Crippen LogP contribution in [0, 0.1) is 23.7 Å². The van der Waals surface area contributed by atoms with Crippen LogP contribution in [0.2, 0.25) is 0 Å². The average Bonchev–Trinajstić information content (AvgIpc) is 3.14. The maximum atomic E-state index is 13.1. The van der Waals surface area contributed by atoms with Crippen LogP contribution in [0.4, 0.5) is 0 Å². The molecule has 0 radical (unpaired) electrons. The number of hydrogen-bond donors (Lipinski definition) is 1. The molecule has 0 bridgehead atoms. The molecule has 1 amide bonds. The van der Waals surface area contributed by atoms with Crippen molar-refractivity contribution in [1.29, 1.82) is 0 Å². The first kappa shape index (κ1) is 18.7. The third-order valence-corrected chi connectivity index (χ3v) is 7.23. The van der Waals surface area contributed by atoms with E-state index in [1.807, 2.05) is 18.5 Å². The number of aliphatic imine (C=N–C) groups is 1. The van der Waals surface area contributed by atoms with Gasteiger partial charge >= 0.3 is 0 Å². The van der Waals surface area contributed by atoms with Crippen molar-refractivity contribution in [3.8, 4) is 0 Å². The monoisotopic (exact) mass is 390 g/mol. The van der Waals surface area contributed by atoms with Gasteiger partial charge in [0.2, 0.25) is 5.91 Å². The molecule has 5 rings (SSSR count). The molecular formula is C24H30N4O. The van der Waals surface area contributed by atoms with Gasteiger partial charge < -0.3 is 10.2 Å². The normalized spacial score (nSPS) is 31.4. The molecule has 2 aromatic rings. The van der Waals surface area contributed by atoms with E-state index in [0.29, 0.717) is 23.7 Å². The van der Waals surface area contributed by atoms with Crippen LogP contribution < -0.4 is 5.32 Å². The number of aromatic nitrogens is 1. The summed E-state index contributed by atoms with van der Waals surface area (Å²) in [4.78, 5) is 24.0. The van der Waals surface area contributed by atoms with Crippen LogP contribution in [0.15, 0.2) is 35.5 Å². The van der Waals surface area contributed by atoms with Gasteiger partial charge in [0.05, 0.1) is 5.52 Å². The fourth-order valence-electron chi connectivity index (χ4n) is 5.78. The first-order valence-corrected chi connectivity index (χ1v) is 10.9. The average molecular weight is 391 g/mol. The predicted molar refractivity (Wildman–Crippen MR) is 116 cm³/mol. The molecule has 2 saturated heterocycles. The number of piperidine rings is 2. The summed E-state index contributed by atoms with van der Waals surface area (Å²) in [7, 11) is 1.79. The fraction of sp³-hybridized carbons (Fsp3) is 0.542. The largest absolute Gasteiger partial charge is 0.342 e. The highest BCUT2D eigenvalue weighted by Crippen LogP contribution is 2.51. The second-order valence-corrected chi connectivity index (χ2v) is 9.22. The van der Waals surface area contributed by atoms with Gasteiger partial charge in [-0.15, -0.1) is 0 Å². The predicted octanol–water partition coefficient (Wildman–Crippen LogP) is 3.09. The van der Waals surface area contributed by atoms with Gasteiger partial charge in [0, 0.05) is 55.8 Å². The van der Waals surface area contributed by atoms with Gasteiger partial charge in [-0.3, -0.25) is 14.8 Å². The maximum absolute atomic E-state index is 13.1. The number of rotatable bonds is 4. The van der Waals surface area contributed by atoms with Crippen LogP contribution in [0.5, 0.6) is 0 Å². The van der Waals surface area contributed by atoms with E-state index in [1.165, 1.54) is 10.9 Å². The van der Waals surface area contributed by atoms with E-state index < -0.39 is 0 Å². The Labute approximate surface area is 172 Å². The molecule has 1 N–H and O–H groups in total. The first-order valence-electron chi connectivity index (χ1n) is 10.9. The number of hydrogen-bond acceptors (Lipinski definition) is 4. The van der Waals surface area contributed by atoms with E-state index in [1.54, 1.807) is 7.05 Å². The van der Waals surface area contributed by atoms with Crippen molar-refractivity contribution in [3.63, 3.8) is 0 Å². The number of likely N-dealkylation sites (tertiary alicyclic amines) is 1. The molecule has 3 fully saturated rings. The number of pyridine rings is 1. The summed E-state index contributed by atoms with van der Waals surface area (Å²) in [5.41, 5.74) is 3.38. The van der Waals surface area contributed by atoms with Gasteiger partial charge in [0.15, 0.2) is 0 Å². The minimum Gasteiger partial charge on any atom is -0.342 e. The molecule has 1 aliphatic carbocycles. The highest BCUT2D eigenvalue weighted by Gasteiger charge is 2.53. The van der Waals surface area contributed by atoms with E-state index in [2.05, 4.69) is 45.3 Å². The van der Waals surface area contributed by atoms with E-state index in [4.69, 9.17) is 0 Å². The molecule has 1 saturated carbocycles. The van der Waals surface area contributed by atoms with Crippen molar-refractivity contribution >= 4 is 23.0 Å². The van der Waals surface area contributed by atoms with Crippen LogP contribution in [-0.2, 0) is 4.79 Å². The van der Waals surface area contributed by atoms with Crippen molar-refractivity contribution in [2.24, 2.45) is 28.7 Å². The Morgan fingerprint density at radius 3 is 2.90 bits per heavy atom. The third-order valence-electron chi connectivity index (χ3n) is 7.23. The second-order valence-electron chi connectivity index (χ2n) is 9.22. The lowest BCUT2D eigenvalue weighted by Gasteiger charge is -2.37. The van der Waals surface area contributed by atoms with Gasteiger partial charge in [0.25, 0.3) is 0 Å². The highest BCUT2D eigenvalue weighted by molar-refractivity contribution is 5.99. The first-order chi connectivity index (χ1) is 14.2. The van der Waals surface area contributed by atoms with Gasteiger partial charge in [-0.1, -0.05) is 25.1 Å². The van der Waals surface area contributed by atoms with Crippen LogP contribution in [0.3, 0.4) is 0 Å². The summed E-state index contributed by atoms with van der Waals surface area (Å²) < 4.78 is 0. The van der Waals surface area contributed by atoms with Crippen LogP contribution >= 0.6 is 0 Å². The zero-order valence-corrected chi connectivity index (χ0v) is 17.3. The fourth-order valence-corrected chi connectivity index (χ4v) is 5.78. The zero-order chi connectivity index (χ0) is 20.0. The van der Waals surface area contributed by atoms with E-state index in [-0.39, 0.29) is 0 Å². The van der Waals surface area contributed by atoms with E-state index >= 15 is 0 Å². The lowest BCUT2D eigenvalue weighted by Crippen LogP contribution is -2.43. The minimum absolute atomic E-state index is 0.359. The SMILES string of the molecule is C/N=C/c1ccc([C@@H]2C[C@@H](C)CN(C(=O)C[C@H]3[C@@H]4CNC[C@@H]43)C2)c2cccnc12. The molecular weight excluding hydrogens is 360 g/mol. The summed E-state index contributed by atoms with van der Waals surface area (Å²) in [6, 6.07) is 8.52. The lowest BCUT2D eigenvalue weighted by atomic mass is 9.83. The Bertz CT molecular complexity index is 945. The Kier molecular flexibility index (Phi) is 4.86. The molecule has 2 aliphatic heterocycles. The van der Waals surface area contributed by atoms with E-state index in [0.717, 1.165) is 61.9 Å². The van der Waals surface area contributed by atoms with Crippen molar-refractivity contribution in [1.82, 2.24) is 15.2 Å². The van der Waals surface area contributed by atoms with E-state index in [9.17, 15) is 4.79 Å². The maximum Gasteiger partial charge on any atom is 0.222 e. The van der Waals surface area contributed by atoms with Crippen molar-refractivity contribution in [3.05, 3.63) is 41.6 Å². The smallest absolute Gasteiger partial charge is 0.222 e. The molecule has 5 nitrogen and oxygen atoms in total. The molecule has 3 heterocycles. The highest BCUT2D eigenvalue weighted by atomic mass is 16.2. The molecule has 152 valence electrons. The standard InChI is InChI=1S/C24H30N4O/c1-15-8-17(14-28(13-15)23(29)9-20-21-11-26-12-22(20)21)18-6-5-16(10-25-2)24-19(18)4-3-7-27-24/h3-7,10,15,17,20-22,26H,8-9,11-14H2,1-2H3/b25-10+/t15-,17-,20-,21-,22+/m1/s1. The molecule has 1 aromatic heterocycles. The molecule has 5 heteroatoms. The molecule has 0 spiro atoms. The number of nitrogens with one attached hydrogen (secondary N) is 1. The number of nitrogens with zero attached hydrogens (tertiary/aromatic N) is 3. The summed E-state index contributed by atoms with van der Waals surface area (Å²) >= 11 is 0. The van der Waals surface area contributed by atoms with Gasteiger partial charge in [0.1, 0.15) is 0 Å². The molecule has 5 atom stereocenters. The quantitative estimate of drug-likeness (QED) is 0.816. The summed E-state index contributed by atoms with van der Waals surface area (Å²) in [5.74, 6) is 3.36. The summed E-state index contributed by atoms with van der Waals surface area (Å²) in [6.07, 6.45) is 5.58. The summed E-state index contributed by atoms with van der Waals surface area (Å²) in [6.45, 7) is 6.21. The van der Waals surface area contributed by atoms with Gasteiger partial charge in [-0.05, 0) is 54.8 Å². The van der Waals surface area contributed by atoms with Crippen LogP contribution in [-0.4, -0.2) is 55.2 Å². The Hall–Kier alpha value is -2.27.